The molecule has 1 atom stereocenters. The molecule has 5 nitrogen and oxygen atoms in total. The summed E-state index contributed by atoms with van der Waals surface area (Å²) >= 11 is 0. The van der Waals surface area contributed by atoms with Gasteiger partial charge < -0.3 is 18.9 Å². The normalized spacial score (nSPS) is 27.3. The van der Waals surface area contributed by atoms with E-state index in [2.05, 4.69) is 52.0 Å². The second-order valence-electron chi connectivity index (χ2n) is 9.21. The molecule has 1 unspecified atom stereocenters. The summed E-state index contributed by atoms with van der Waals surface area (Å²) in [6.45, 7) is 11.4. The fourth-order valence-corrected chi connectivity index (χ4v) is 3.98. The highest BCUT2D eigenvalue weighted by atomic mass is 16.7. The summed E-state index contributed by atoms with van der Waals surface area (Å²) in [5, 5.41) is 0. The molecule has 1 aromatic rings. The minimum absolute atomic E-state index is 0.183. The first kappa shape index (κ1) is 19.0. The van der Waals surface area contributed by atoms with Gasteiger partial charge in [-0.2, -0.15) is 0 Å². The second-order valence-corrected chi connectivity index (χ2v) is 9.21. The molecule has 27 heavy (non-hydrogen) atoms. The van der Waals surface area contributed by atoms with Gasteiger partial charge >= 0.3 is 7.12 Å². The van der Waals surface area contributed by atoms with E-state index in [-0.39, 0.29) is 24.2 Å². The van der Waals surface area contributed by atoms with E-state index in [1.165, 1.54) is 0 Å². The Bertz CT molecular complexity index is 683. The molecule has 0 radical (unpaired) electrons. The van der Waals surface area contributed by atoms with Gasteiger partial charge in [0.15, 0.2) is 0 Å². The number of benzene rings is 1. The van der Waals surface area contributed by atoms with E-state index in [1.807, 2.05) is 4.90 Å². The quantitative estimate of drug-likeness (QED) is 0.746. The number of hydrogen-bond donors (Lipinski definition) is 0. The Hall–Kier alpha value is -1.37. The molecular formula is C21H30BNO4. The van der Waals surface area contributed by atoms with Crippen molar-refractivity contribution in [2.45, 2.75) is 58.3 Å². The molecule has 4 rings (SSSR count). The van der Waals surface area contributed by atoms with Gasteiger partial charge in [-0.15, -0.1) is 0 Å². The SMILES string of the molecule is CC1(C)OB(c2ccc(CN3CCC(CC4COC4)C3=O)cc2)OC1(C)C. The molecular weight excluding hydrogens is 341 g/mol. The van der Waals surface area contributed by atoms with Crippen molar-refractivity contribution in [1.29, 1.82) is 0 Å². The molecule has 0 N–H and O–H groups in total. The summed E-state index contributed by atoms with van der Waals surface area (Å²) in [5.74, 6) is 1.07. The lowest BCUT2D eigenvalue weighted by molar-refractivity contribution is -0.133. The fraction of sp³-hybridized carbons (Fsp3) is 0.667. The Balaban J connectivity index is 1.35. The highest BCUT2D eigenvalue weighted by Gasteiger charge is 2.51. The first-order valence-electron chi connectivity index (χ1n) is 10.1. The number of carbonyl (C=O) groups excluding carboxylic acids is 1. The Labute approximate surface area is 162 Å². The van der Waals surface area contributed by atoms with Crippen molar-refractivity contribution in [3.05, 3.63) is 29.8 Å². The number of amides is 1. The molecule has 1 amide bonds. The lowest BCUT2D eigenvalue weighted by Crippen LogP contribution is -2.41. The molecule has 0 bridgehead atoms. The zero-order valence-corrected chi connectivity index (χ0v) is 16.9. The predicted octanol–water partition coefficient (Wildman–Crippen LogP) is 2.37. The van der Waals surface area contributed by atoms with Crippen LogP contribution in [0, 0.1) is 11.8 Å². The number of hydrogen-bond acceptors (Lipinski definition) is 4. The number of carbonyl (C=O) groups is 1. The molecule has 3 heterocycles. The Morgan fingerprint density at radius 1 is 1.07 bits per heavy atom. The van der Waals surface area contributed by atoms with Crippen LogP contribution in [0.5, 0.6) is 0 Å². The maximum Gasteiger partial charge on any atom is 0.494 e. The van der Waals surface area contributed by atoms with Gasteiger partial charge in [0.1, 0.15) is 0 Å². The van der Waals surface area contributed by atoms with Crippen LogP contribution in [-0.4, -0.2) is 48.9 Å². The molecule has 3 saturated heterocycles. The predicted molar refractivity (Wildman–Crippen MR) is 105 cm³/mol. The van der Waals surface area contributed by atoms with Crippen LogP contribution in [0.15, 0.2) is 24.3 Å². The average Bonchev–Trinajstić information content (AvgIpc) is 3.01. The molecule has 146 valence electrons. The minimum atomic E-state index is -0.341. The van der Waals surface area contributed by atoms with E-state index in [4.69, 9.17) is 14.0 Å². The standard InChI is InChI=1S/C21H30BNO4/c1-20(2)21(3,4)27-22(26-20)18-7-5-15(6-8-18)12-23-10-9-17(19(23)24)11-16-13-25-14-16/h5-8,16-17H,9-14H2,1-4H3. The monoisotopic (exact) mass is 371 g/mol. The number of rotatable bonds is 5. The summed E-state index contributed by atoms with van der Waals surface area (Å²) in [7, 11) is -0.341. The third-order valence-electron chi connectivity index (χ3n) is 6.61. The second kappa shape index (κ2) is 6.91. The molecule has 0 aromatic heterocycles. The molecule has 1 aromatic carbocycles. The first-order chi connectivity index (χ1) is 12.7. The van der Waals surface area contributed by atoms with E-state index < -0.39 is 0 Å². The van der Waals surface area contributed by atoms with Crippen LogP contribution in [0.3, 0.4) is 0 Å². The van der Waals surface area contributed by atoms with Crippen LogP contribution in [0.25, 0.3) is 0 Å². The lowest BCUT2D eigenvalue weighted by atomic mass is 9.79. The fourth-order valence-electron chi connectivity index (χ4n) is 3.98. The number of ether oxygens (including phenoxy) is 1. The molecule has 3 aliphatic rings. The van der Waals surface area contributed by atoms with Crippen molar-refractivity contribution in [3.8, 4) is 0 Å². The maximum atomic E-state index is 12.6. The average molecular weight is 371 g/mol. The van der Waals surface area contributed by atoms with E-state index >= 15 is 0 Å². The number of likely N-dealkylation sites (tertiary alicyclic amines) is 1. The van der Waals surface area contributed by atoms with E-state index in [1.54, 1.807) is 0 Å². The smallest absolute Gasteiger partial charge is 0.399 e. The molecule has 3 fully saturated rings. The molecule has 0 saturated carbocycles. The van der Waals surface area contributed by atoms with Crippen LogP contribution < -0.4 is 5.46 Å². The van der Waals surface area contributed by atoms with Crippen molar-refractivity contribution >= 4 is 18.5 Å². The highest BCUT2D eigenvalue weighted by Crippen LogP contribution is 2.36. The topological polar surface area (TPSA) is 48.0 Å². The van der Waals surface area contributed by atoms with E-state index in [9.17, 15) is 4.79 Å². The highest BCUT2D eigenvalue weighted by molar-refractivity contribution is 6.62. The van der Waals surface area contributed by atoms with Gasteiger partial charge in [-0.25, -0.2) is 0 Å². The Morgan fingerprint density at radius 3 is 2.26 bits per heavy atom. The zero-order chi connectivity index (χ0) is 19.2. The van der Waals surface area contributed by atoms with Gasteiger partial charge in [0, 0.05) is 24.9 Å². The van der Waals surface area contributed by atoms with Crippen LogP contribution in [0.1, 0.15) is 46.1 Å². The summed E-state index contributed by atoms with van der Waals surface area (Å²) < 4.78 is 17.5. The van der Waals surface area contributed by atoms with Crippen molar-refractivity contribution in [2.24, 2.45) is 11.8 Å². The van der Waals surface area contributed by atoms with Crippen molar-refractivity contribution in [1.82, 2.24) is 4.90 Å². The first-order valence-corrected chi connectivity index (χ1v) is 10.1. The molecule has 3 aliphatic heterocycles. The van der Waals surface area contributed by atoms with Gasteiger partial charge in [-0.1, -0.05) is 24.3 Å². The summed E-state index contributed by atoms with van der Waals surface area (Å²) in [6.07, 6.45) is 1.96. The van der Waals surface area contributed by atoms with E-state index in [0.717, 1.165) is 43.6 Å². The Morgan fingerprint density at radius 2 is 1.70 bits per heavy atom. The molecule has 0 spiro atoms. The Kier molecular flexibility index (Phi) is 4.85. The van der Waals surface area contributed by atoms with Gasteiger partial charge in [-0.3, -0.25) is 4.79 Å². The van der Waals surface area contributed by atoms with E-state index in [0.29, 0.717) is 18.4 Å². The van der Waals surface area contributed by atoms with Crippen LogP contribution in [0.2, 0.25) is 0 Å². The van der Waals surface area contributed by atoms with Crippen molar-refractivity contribution < 1.29 is 18.8 Å². The summed E-state index contributed by atoms with van der Waals surface area (Å²) in [6, 6.07) is 8.28. The maximum absolute atomic E-state index is 12.6. The zero-order valence-electron chi connectivity index (χ0n) is 16.9. The van der Waals surface area contributed by atoms with Crippen LogP contribution in [0.4, 0.5) is 0 Å². The number of nitrogens with zero attached hydrogens (tertiary/aromatic N) is 1. The van der Waals surface area contributed by atoms with Crippen LogP contribution >= 0.6 is 0 Å². The molecule has 6 heteroatoms. The van der Waals surface area contributed by atoms with Gasteiger partial charge in [0.25, 0.3) is 0 Å². The summed E-state index contributed by atoms with van der Waals surface area (Å²) in [4.78, 5) is 14.6. The van der Waals surface area contributed by atoms with Gasteiger partial charge in [0.2, 0.25) is 5.91 Å². The van der Waals surface area contributed by atoms with Gasteiger partial charge in [-0.05, 0) is 51.6 Å². The summed E-state index contributed by atoms with van der Waals surface area (Å²) in [5.41, 5.74) is 1.50. The lowest BCUT2D eigenvalue weighted by Gasteiger charge is -2.32. The molecule has 0 aliphatic carbocycles. The van der Waals surface area contributed by atoms with Gasteiger partial charge in [0.05, 0.1) is 24.4 Å². The van der Waals surface area contributed by atoms with Crippen molar-refractivity contribution in [2.75, 3.05) is 19.8 Å². The largest absolute Gasteiger partial charge is 0.494 e. The third kappa shape index (κ3) is 3.67. The van der Waals surface area contributed by atoms with Crippen molar-refractivity contribution in [3.63, 3.8) is 0 Å². The minimum Gasteiger partial charge on any atom is -0.399 e. The third-order valence-corrected chi connectivity index (χ3v) is 6.61. The van der Waals surface area contributed by atoms with Crippen LogP contribution in [-0.2, 0) is 25.4 Å².